The van der Waals surface area contributed by atoms with Crippen molar-refractivity contribution in [3.05, 3.63) is 6.33 Å². The summed E-state index contributed by atoms with van der Waals surface area (Å²) in [5, 5.41) is 0.730. The summed E-state index contributed by atoms with van der Waals surface area (Å²) in [6.45, 7) is 0.663. The number of ether oxygens (including phenoxy) is 2. The van der Waals surface area contributed by atoms with Crippen LogP contribution in [0, 0.1) is 0 Å². The topological polar surface area (TPSA) is 70.3 Å². The number of thioether (sulfide) groups is 1. The van der Waals surface area contributed by atoms with E-state index in [0.29, 0.717) is 18.2 Å². The smallest absolute Gasteiger partial charge is 0.241 e. The molecule has 0 amide bonds. The summed E-state index contributed by atoms with van der Waals surface area (Å²) in [5.74, 6) is 1.22. The van der Waals surface area contributed by atoms with Crippen molar-refractivity contribution in [1.29, 1.82) is 0 Å². The molecule has 1 heterocycles. The summed E-state index contributed by atoms with van der Waals surface area (Å²) >= 11 is 1.52. The minimum Gasteiger partial charge on any atom is -0.479 e. The van der Waals surface area contributed by atoms with Gasteiger partial charge in [-0.3, -0.25) is 0 Å². The number of nitrogen functional groups attached to an aromatic ring is 1. The van der Waals surface area contributed by atoms with Crippen LogP contribution < -0.4 is 10.5 Å². The van der Waals surface area contributed by atoms with Crippen molar-refractivity contribution in [2.24, 2.45) is 0 Å². The Hall–Kier alpha value is -1.01. The maximum Gasteiger partial charge on any atom is 0.241 e. The second-order valence-electron chi connectivity index (χ2n) is 2.44. The number of nitrogens with two attached hydrogens (primary N) is 1. The van der Waals surface area contributed by atoms with Crippen molar-refractivity contribution < 1.29 is 9.47 Å². The first kappa shape index (κ1) is 11.1. The lowest BCUT2D eigenvalue weighted by molar-refractivity contribution is 0.218. The zero-order valence-electron chi connectivity index (χ0n) is 8.19. The first-order valence-corrected chi connectivity index (χ1v) is 5.04. The van der Waals surface area contributed by atoms with Crippen LogP contribution in [-0.4, -0.2) is 36.5 Å². The molecule has 0 aromatic carbocycles. The molecule has 0 unspecified atom stereocenters. The lowest BCUT2D eigenvalue weighted by Gasteiger charge is -2.06. The van der Waals surface area contributed by atoms with Gasteiger partial charge >= 0.3 is 0 Å². The van der Waals surface area contributed by atoms with Crippen molar-refractivity contribution in [2.75, 3.05) is 32.3 Å². The van der Waals surface area contributed by atoms with Gasteiger partial charge in [-0.1, -0.05) is 0 Å². The fraction of sp³-hybridized carbons (Fsp3) is 0.500. The molecule has 0 aliphatic rings. The molecule has 0 atom stereocenters. The highest BCUT2D eigenvalue weighted by atomic mass is 32.2. The minimum absolute atomic E-state index is 0.417. The molecule has 78 valence electrons. The summed E-state index contributed by atoms with van der Waals surface area (Å²) in [6, 6.07) is 0. The van der Waals surface area contributed by atoms with E-state index in [4.69, 9.17) is 15.2 Å². The Morgan fingerprint density at radius 2 is 2.21 bits per heavy atom. The monoisotopic (exact) mass is 215 g/mol. The third-order valence-electron chi connectivity index (χ3n) is 1.53. The number of aromatic nitrogens is 2. The van der Waals surface area contributed by atoms with Gasteiger partial charge in [-0.15, -0.1) is 11.8 Å². The molecule has 0 saturated heterocycles. The van der Waals surface area contributed by atoms with Gasteiger partial charge in [0.25, 0.3) is 0 Å². The number of methoxy groups -OCH3 is 2. The molecule has 1 aromatic rings. The Bertz CT molecular complexity index is 296. The molecule has 0 spiro atoms. The zero-order chi connectivity index (χ0) is 10.4. The summed E-state index contributed by atoms with van der Waals surface area (Å²) in [4.78, 5) is 7.93. The first-order chi connectivity index (χ1) is 6.79. The molecule has 1 rings (SSSR count). The highest BCUT2D eigenvalue weighted by Crippen LogP contribution is 2.27. The number of anilines is 1. The van der Waals surface area contributed by atoms with E-state index in [9.17, 15) is 0 Å². The predicted octanol–water partition coefficient (Wildman–Crippen LogP) is 0.806. The Morgan fingerprint density at radius 3 is 2.86 bits per heavy atom. The Balaban J connectivity index is 2.66. The Kier molecular flexibility index (Phi) is 4.48. The SMILES string of the molecule is COCCSc1ncnc(OC)c1N. The van der Waals surface area contributed by atoms with Crippen LogP contribution in [0.3, 0.4) is 0 Å². The van der Waals surface area contributed by atoms with Gasteiger partial charge in [0.05, 0.1) is 13.7 Å². The third-order valence-corrected chi connectivity index (χ3v) is 2.50. The van der Waals surface area contributed by atoms with Gasteiger partial charge in [0.1, 0.15) is 17.0 Å². The van der Waals surface area contributed by atoms with Gasteiger partial charge < -0.3 is 15.2 Å². The molecule has 0 radical (unpaired) electrons. The van der Waals surface area contributed by atoms with E-state index in [1.165, 1.54) is 25.2 Å². The Labute approximate surface area is 87.0 Å². The second-order valence-corrected chi connectivity index (χ2v) is 3.53. The van der Waals surface area contributed by atoms with Crippen LogP contribution in [0.15, 0.2) is 11.4 Å². The van der Waals surface area contributed by atoms with Crippen LogP contribution in [0.1, 0.15) is 0 Å². The molecule has 0 fully saturated rings. The second kappa shape index (κ2) is 5.66. The summed E-state index contributed by atoms with van der Waals surface area (Å²) in [6.07, 6.45) is 1.43. The van der Waals surface area contributed by atoms with Crippen molar-refractivity contribution in [1.82, 2.24) is 9.97 Å². The lowest BCUT2D eigenvalue weighted by atomic mass is 10.5. The van der Waals surface area contributed by atoms with E-state index in [-0.39, 0.29) is 0 Å². The fourth-order valence-electron chi connectivity index (χ4n) is 0.864. The molecular formula is C8H13N3O2S. The Morgan fingerprint density at radius 1 is 1.43 bits per heavy atom. The van der Waals surface area contributed by atoms with E-state index in [2.05, 4.69) is 9.97 Å². The maximum atomic E-state index is 5.76. The van der Waals surface area contributed by atoms with Gasteiger partial charge in [-0.05, 0) is 0 Å². The van der Waals surface area contributed by atoms with Gasteiger partial charge in [0.15, 0.2) is 0 Å². The molecule has 0 aliphatic heterocycles. The van der Waals surface area contributed by atoms with Crippen LogP contribution in [-0.2, 0) is 4.74 Å². The molecule has 1 aromatic heterocycles. The maximum absolute atomic E-state index is 5.76. The molecule has 2 N–H and O–H groups in total. The lowest BCUT2D eigenvalue weighted by Crippen LogP contribution is -2.00. The minimum atomic E-state index is 0.417. The average Bonchev–Trinajstić information content (AvgIpc) is 2.21. The molecule has 5 nitrogen and oxygen atoms in total. The van der Waals surface area contributed by atoms with Gasteiger partial charge in [0, 0.05) is 12.9 Å². The van der Waals surface area contributed by atoms with E-state index in [1.54, 1.807) is 7.11 Å². The number of rotatable bonds is 5. The summed E-state index contributed by atoms with van der Waals surface area (Å²) in [5.41, 5.74) is 6.25. The van der Waals surface area contributed by atoms with E-state index < -0.39 is 0 Å². The van der Waals surface area contributed by atoms with E-state index in [0.717, 1.165) is 10.8 Å². The molecule has 0 aliphatic carbocycles. The fourth-order valence-corrected chi connectivity index (χ4v) is 1.67. The van der Waals surface area contributed by atoms with Gasteiger partial charge in [-0.25, -0.2) is 4.98 Å². The van der Waals surface area contributed by atoms with Crippen molar-refractivity contribution in [3.63, 3.8) is 0 Å². The summed E-state index contributed by atoms with van der Waals surface area (Å²) < 4.78 is 9.89. The number of hydrogen-bond donors (Lipinski definition) is 1. The number of nitrogens with zero attached hydrogens (tertiary/aromatic N) is 2. The molecule has 6 heteroatoms. The molecule has 0 saturated carbocycles. The normalized spacial score (nSPS) is 10.1. The standard InChI is InChI=1S/C8H13N3O2S/c1-12-3-4-14-8-6(9)7(13-2)10-5-11-8/h5H,3-4,9H2,1-2H3. The quantitative estimate of drug-likeness (QED) is 0.445. The van der Waals surface area contributed by atoms with E-state index >= 15 is 0 Å². The molecule has 14 heavy (non-hydrogen) atoms. The average molecular weight is 215 g/mol. The van der Waals surface area contributed by atoms with Crippen molar-refractivity contribution >= 4 is 17.4 Å². The largest absolute Gasteiger partial charge is 0.479 e. The third kappa shape index (κ3) is 2.74. The molecular weight excluding hydrogens is 202 g/mol. The summed E-state index contributed by atoms with van der Waals surface area (Å²) in [7, 11) is 3.19. The van der Waals surface area contributed by atoms with Crippen LogP contribution in [0.5, 0.6) is 5.88 Å². The zero-order valence-corrected chi connectivity index (χ0v) is 9.00. The molecule has 0 bridgehead atoms. The van der Waals surface area contributed by atoms with Crippen LogP contribution >= 0.6 is 11.8 Å². The van der Waals surface area contributed by atoms with Crippen molar-refractivity contribution in [3.8, 4) is 5.88 Å². The van der Waals surface area contributed by atoms with Crippen LogP contribution in [0.4, 0.5) is 5.69 Å². The van der Waals surface area contributed by atoms with Crippen LogP contribution in [0.25, 0.3) is 0 Å². The highest BCUT2D eigenvalue weighted by Gasteiger charge is 2.07. The van der Waals surface area contributed by atoms with Crippen LogP contribution in [0.2, 0.25) is 0 Å². The van der Waals surface area contributed by atoms with Crippen molar-refractivity contribution in [2.45, 2.75) is 5.03 Å². The predicted molar refractivity (Wildman–Crippen MR) is 55.6 cm³/mol. The first-order valence-electron chi connectivity index (χ1n) is 4.05. The highest BCUT2D eigenvalue weighted by molar-refractivity contribution is 7.99. The number of hydrogen-bond acceptors (Lipinski definition) is 6. The van der Waals surface area contributed by atoms with Gasteiger partial charge in [-0.2, -0.15) is 4.98 Å². The van der Waals surface area contributed by atoms with E-state index in [1.807, 2.05) is 0 Å². The van der Waals surface area contributed by atoms with Gasteiger partial charge in [0.2, 0.25) is 5.88 Å².